The van der Waals surface area contributed by atoms with Crippen molar-refractivity contribution in [2.75, 3.05) is 6.61 Å². The number of halogens is 1. The number of carbonyl (C=O) groups is 2. The number of rotatable bonds is 5. The van der Waals surface area contributed by atoms with Crippen LogP contribution in [0.4, 0.5) is 0 Å². The Hall–Kier alpha value is -1.87. The van der Waals surface area contributed by atoms with Gasteiger partial charge in [-0.15, -0.1) is 11.3 Å². The summed E-state index contributed by atoms with van der Waals surface area (Å²) < 4.78 is 11.4. The number of esters is 1. The number of hydrogen-bond donors (Lipinski definition) is 1. The Morgan fingerprint density at radius 3 is 2.85 bits per heavy atom. The molecule has 1 aromatic carbocycles. The highest BCUT2D eigenvalue weighted by Crippen LogP contribution is 2.39. The van der Waals surface area contributed by atoms with Gasteiger partial charge in [0.15, 0.2) is 11.5 Å². The highest BCUT2D eigenvalue weighted by molar-refractivity contribution is 8.26. The number of thioether (sulfide) groups is 1. The summed E-state index contributed by atoms with van der Waals surface area (Å²) in [4.78, 5) is 24.9. The van der Waals surface area contributed by atoms with E-state index in [-0.39, 0.29) is 16.7 Å². The Balaban J connectivity index is 1.93. The third-order valence-electron chi connectivity index (χ3n) is 3.19. The average molecular weight is 426 g/mol. The predicted octanol–water partition coefficient (Wildman–Crippen LogP) is 4.51. The smallest absolute Gasteiger partial charge is 0.353 e. The topological polar surface area (TPSA) is 64.6 Å². The van der Waals surface area contributed by atoms with Crippen LogP contribution in [-0.2, 0) is 4.79 Å². The van der Waals surface area contributed by atoms with E-state index in [9.17, 15) is 9.59 Å². The maximum atomic E-state index is 12.2. The molecule has 3 rings (SSSR count). The molecule has 0 radical (unpaired) electrons. The van der Waals surface area contributed by atoms with E-state index in [1.54, 1.807) is 35.7 Å². The molecule has 0 aliphatic carbocycles. The number of thiophene rings is 1. The minimum absolute atomic E-state index is 0.146. The van der Waals surface area contributed by atoms with Crippen LogP contribution in [0.2, 0.25) is 5.02 Å². The quantitative estimate of drug-likeness (QED) is 0.329. The molecule has 9 heteroatoms. The summed E-state index contributed by atoms with van der Waals surface area (Å²) in [5.41, 5.74) is 0.636. The summed E-state index contributed by atoms with van der Waals surface area (Å²) >= 11 is 13.7. The van der Waals surface area contributed by atoms with Gasteiger partial charge in [0.1, 0.15) is 9.20 Å². The molecule has 2 aromatic rings. The molecule has 134 valence electrons. The molecule has 1 aromatic heterocycles. The largest absolute Gasteiger partial charge is 0.490 e. The van der Waals surface area contributed by atoms with Crippen LogP contribution in [0.3, 0.4) is 0 Å². The molecule has 26 heavy (non-hydrogen) atoms. The van der Waals surface area contributed by atoms with Gasteiger partial charge in [-0.25, -0.2) is 4.79 Å². The summed E-state index contributed by atoms with van der Waals surface area (Å²) in [6, 6.07) is 6.69. The van der Waals surface area contributed by atoms with Gasteiger partial charge in [0.05, 0.1) is 16.5 Å². The van der Waals surface area contributed by atoms with Crippen molar-refractivity contribution in [1.82, 2.24) is 5.32 Å². The molecule has 0 saturated carbocycles. The number of nitrogens with one attached hydrogen (secondary N) is 1. The number of hydrogen-bond acceptors (Lipinski definition) is 7. The van der Waals surface area contributed by atoms with Crippen LogP contribution in [0.25, 0.3) is 6.08 Å². The summed E-state index contributed by atoms with van der Waals surface area (Å²) in [5.74, 6) is -0.303. The van der Waals surface area contributed by atoms with Crippen molar-refractivity contribution >= 4 is 69.2 Å². The molecule has 1 N–H and O–H groups in total. The van der Waals surface area contributed by atoms with E-state index in [1.807, 2.05) is 6.92 Å². The lowest BCUT2D eigenvalue weighted by molar-refractivity contribution is -0.115. The van der Waals surface area contributed by atoms with Gasteiger partial charge in [-0.2, -0.15) is 0 Å². The zero-order valence-electron chi connectivity index (χ0n) is 13.4. The van der Waals surface area contributed by atoms with Crippen molar-refractivity contribution in [3.63, 3.8) is 0 Å². The normalized spacial score (nSPS) is 15.2. The molecule has 5 nitrogen and oxygen atoms in total. The van der Waals surface area contributed by atoms with Gasteiger partial charge in [-0.05, 0) is 42.1 Å². The minimum atomic E-state index is -0.509. The van der Waals surface area contributed by atoms with E-state index in [0.717, 1.165) is 0 Å². The number of thiocarbonyl (C=S) groups is 1. The van der Waals surface area contributed by atoms with Crippen molar-refractivity contribution in [3.8, 4) is 11.5 Å². The molecule has 1 aliphatic rings. The molecule has 1 aliphatic heterocycles. The lowest BCUT2D eigenvalue weighted by atomic mass is 10.2. The maximum absolute atomic E-state index is 12.2. The summed E-state index contributed by atoms with van der Waals surface area (Å²) in [6.45, 7) is 2.17. The van der Waals surface area contributed by atoms with Crippen molar-refractivity contribution < 1.29 is 19.1 Å². The first-order valence-electron chi connectivity index (χ1n) is 7.44. The Morgan fingerprint density at radius 1 is 1.42 bits per heavy atom. The first-order valence-corrected chi connectivity index (χ1v) is 9.93. The average Bonchev–Trinajstić information content (AvgIpc) is 3.21. The van der Waals surface area contributed by atoms with Crippen LogP contribution in [0.5, 0.6) is 11.5 Å². The summed E-state index contributed by atoms with van der Waals surface area (Å²) in [6.07, 6.45) is 1.65. The standard InChI is InChI=1S/C17H12ClNO4S3/c1-2-22-11-7-9(8-13-15(20)19-17(24)26-13)6-10(18)14(11)23-16(21)12-4-3-5-25-12/h3-8H,2H2,1H3,(H,19,20,24). The molecule has 0 bridgehead atoms. The number of amides is 1. The van der Waals surface area contributed by atoms with Gasteiger partial charge >= 0.3 is 5.97 Å². The fourth-order valence-electron chi connectivity index (χ4n) is 2.14. The third kappa shape index (κ3) is 4.27. The lowest BCUT2D eigenvalue weighted by Gasteiger charge is -2.13. The number of carbonyl (C=O) groups excluding carboxylic acids is 2. The molecule has 1 fully saturated rings. The van der Waals surface area contributed by atoms with Gasteiger partial charge in [-0.1, -0.05) is 41.6 Å². The molecule has 0 atom stereocenters. The Kier molecular flexibility index (Phi) is 5.98. The van der Waals surface area contributed by atoms with Crippen LogP contribution in [0.1, 0.15) is 22.2 Å². The van der Waals surface area contributed by atoms with Gasteiger partial charge in [0.25, 0.3) is 5.91 Å². The molecular weight excluding hydrogens is 414 g/mol. The van der Waals surface area contributed by atoms with Crippen LogP contribution in [-0.4, -0.2) is 22.8 Å². The zero-order valence-corrected chi connectivity index (χ0v) is 16.6. The second kappa shape index (κ2) is 8.22. The molecular formula is C17H12ClNO4S3. The number of ether oxygens (including phenoxy) is 2. The van der Waals surface area contributed by atoms with Gasteiger partial charge in [-0.3, -0.25) is 4.79 Å². The monoisotopic (exact) mass is 425 g/mol. The second-order valence-corrected chi connectivity index (χ2v) is 8.06. The lowest BCUT2D eigenvalue weighted by Crippen LogP contribution is -2.17. The van der Waals surface area contributed by atoms with E-state index in [4.69, 9.17) is 33.3 Å². The van der Waals surface area contributed by atoms with Crippen LogP contribution in [0, 0.1) is 0 Å². The second-order valence-electron chi connectivity index (χ2n) is 4.98. The van der Waals surface area contributed by atoms with E-state index >= 15 is 0 Å². The first kappa shape index (κ1) is 18.9. The van der Waals surface area contributed by atoms with E-state index in [1.165, 1.54) is 23.1 Å². The van der Waals surface area contributed by atoms with Gasteiger partial charge in [0, 0.05) is 0 Å². The Morgan fingerprint density at radius 2 is 2.23 bits per heavy atom. The minimum Gasteiger partial charge on any atom is -0.490 e. The fraction of sp³-hybridized carbons (Fsp3) is 0.118. The SMILES string of the molecule is CCOc1cc(C=C2SC(=S)NC2=O)cc(Cl)c1OC(=O)c1cccs1. The van der Waals surface area contributed by atoms with Crippen molar-refractivity contribution in [1.29, 1.82) is 0 Å². The van der Waals surface area contributed by atoms with Crippen molar-refractivity contribution in [2.45, 2.75) is 6.92 Å². The summed E-state index contributed by atoms with van der Waals surface area (Å²) in [5, 5.41) is 4.54. The van der Waals surface area contributed by atoms with Crippen LogP contribution < -0.4 is 14.8 Å². The van der Waals surface area contributed by atoms with E-state index < -0.39 is 5.97 Å². The van der Waals surface area contributed by atoms with Crippen molar-refractivity contribution in [3.05, 3.63) is 50.0 Å². The number of benzene rings is 1. The third-order valence-corrected chi connectivity index (χ3v) is 5.48. The van der Waals surface area contributed by atoms with Gasteiger partial charge < -0.3 is 14.8 Å². The molecule has 1 saturated heterocycles. The van der Waals surface area contributed by atoms with Gasteiger partial charge in [0.2, 0.25) is 0 Å². The highest BCUT2D eigenvalue weighted by atomic mass is 35.5. The van der Waals surface area contributed by atoms with Crippen LogP contribution >= 0.6 is 46.9 Å². The highest BCUT2D eigenvalue weighted by Gasteiger charge is 2.23. The molecule has 1 amide bonds. The predicted molar refractivity (Wildman–Crippen MR) is 108 cm³/mol. The molecule has 0 unspecified atom stereocenters. The first-order chi connectivity index (χ1) is 12.5. The fourth-order valence-corrected chi connectivity index (χ4v) is 4.04. The summed E-state index contributed by atoms with van der Waals surface area (Å²) in [7, 11) is 0. The Labute approximate surface area is 168 Å². The van der Waals surface area contributed by atoms with E-state index in [0.29, 0.717) is 32.0 Å². The van der Waals surface area contributed by atoms with Crippen LogP contribution in [0.15, 0.2) is 34.6 Å². The zero-order chi connectivity index (χ0) is 18.7. The molecule has 0 spiro atoms. The van der Waals surface area contributed by atoms with E-state index in [2.05, 4.69) is 5.32 Å². The Bertz CT molecular complexity index is 909. The maximum Gasteiger partial charge on any atom is 0.353 e. The molecule has 2 heterocycles. The van der Waals surface area contributed by atoms with Crippen molar-refractivity contribution in [2.24, 2.45) is 0 Å².